The minimum Gasteiger partial charge on any atom is -0.496 e. The zero-order valence-corrected chi connectivity index (χ0v) is 12.3. The van der Waals surface area contributed by atoms with Crippen molar-refractivity contribution in [2.75, 3.05) is 32.6 Å². The van der Waals surface area contributed by atoms with Crippen molar-refractivity contribution in [3.63, 3.8) is 0 Å². The van der Waals surface area contributed by atoms with Gasteiger partial charge in [0.15, 0.2) is 0 Å². The highest BCUT2D eigenvalue weighted by molar-refractivity contribution is 9.10. The minimum absolute atomic E-state index is 0.654. The summed E-state index contributed by atoms with van der Waals surface area (Å²) >= 11 is 3.48. The Balaban J connectivity index is 2.54. The van der Waals surface area contributed by atoms with Crippen molar-refractivity contribution < 1.29 is 4.74 Å². The molecule has 96 valence electrons. The molecule has 1 unspecified atom stereocenters. The summed E-state index contributed by atoms with van der Waals surface area (Å²) in [6.07, 6.45) is 1.17. The molecule has 2 N–H and O–H groups in total. The van der Waals surface area contributed by atoms with Crippen molar-refractivity contribution in [3.8, 4) is 5.75 Å². The molecule has 0 aromatic heterocycles. The summed E-state index contributed by atoms with van der Waals surface area (Å²) in [4.78, 5) is 0. The number of halogens is 1. The van der Waals surface area contributed by atoms with Crippen LogP contribution < -0.4 is 15.4 Å². The van der Waals surface area contributed by atoms with Crippen LogP contribution in [0.25, 0.3) is 0 Å². The monoisotopic (exact) mass is 300 g/mol. The van der Waals surface area contributed by atoms with Gasteiger partial charge in [-0.15, -0.1) is 0 Å². The van der Waals surface area contributed by atoms with Gasteiger partial charge >= 0.3 is 0 Å². The maximum atomic E-state index is 5.20. The van der Waals surface area contributed by atoms with Crippen LogP contribution in [0, 0.1) is 5.92 Å². The first kappa shape index (κ1) is 14.3. The Kier molecular flexibility index (Phi) is 6.37. The predicted molar refractivity (Wildman–Crippen MR) is 76.9 cm³/mol. The lowest BCUT2D eigenvalue weighted by Gasteiger charge is -2.16. The Labute approximate surface area is 112 Å². The average molecular weight is 301 g/mol. The van der Waals surface area contributed by atoms with Gasteiger partial charge in [0.25, 0.3) is 0 Å². The van der Waals surface area contributed by atoms with E-state index in [4.69, 9.17) is 4.74 Å². The number of hydrogen-bond donors (Lipinski definition) is 2. The van der Waals surface area contributed by atoms with Gasteiger partial charge in [-0.2, -0.15) is 0 Å². The van der Waals surface area contributed by atoms with E-state index in [-0.39, 0.29) is 0 Å². The second-order valence-corrected chi connectivity index (χ2v) is 4.92. The van der Waals surface area contributed by atoms with Crippen LogP contribution in [-0.2, 0) is 0 Å². The number of nitrogens with one attached hydrogen (secondary N) is 2. The summed E-state index contributed by atoms with van der Waals surface area (Å²) in [7, 11) is 3.67. The van der Waals surface area contributed by atoms with E-state index in [2.05, 4.69) is 33.5 Å². The second kappa shape index (κ2) is 7.56. The second-order valence-electron chi connectivity index (χ2n) is 4.06. The fourth-order valence-corrected chi connectivity index (χ4v) is 2.23. The van der Waals surface area contributed by atoms with Crippen LogP contribution >= 0.6 is 15.9 Å². The lowest BCUT2D eigenvalue weighted by molar-refractivity contribution is 0.412. The van der Waals surface area contributed by atoms with E-state index >= 15 is 0 Å². The van der Waals surface area contributed by atoms with Crippen molar-refractivity contribution in [1.82, 2.24) is 5.32 Å². The highest BCUT2D eigenvalue weighted by atomic mass is 79.9. The molecule has 17 heavy (non-hydrogen) atoms. The molecule has 1 atom stereocenters. The van der Waals surface area contributed by atoms with Gasteiger partial charge in [0.1, 0.15) is 5.75 Å². The largest absolute Gasteiger partial charge is 0.496 e. The quantitative estimate of drug-likeness (QED) is 0.812. The van der Waals surface area contributed by atoms with Crippen molar-refractivity contribution in [2.24, 2.45) is 5.92 Å². The molecule has 1 rings (SSSR count). The Morgan fingerprint density at radius 2 is 2.12 bits per heavy atom. The molecule has 0 spiro atoms. The fraction of sp³-hybridized carbons (Fsp3) is 0.538. The molecule has 0 fully saturated rings. The van der Waals surface area contributed by atoms with Crippen LogP contribution in [0.15, 0.2) is 22.7 Å². The maximum absolute atomic E-state index is 5.20. The highest BCUT2D eigenvalue weighted by Crippen LogP contribution is 2.27. The first-order chi connectivity index (χ1) is 8.21. The molecule has 0 saturated carbocycles. The van der Waals surface area contributed by atoms with E-state index in [1.807, 2.05) is 25.2 Å². The Morgan fingerprint density at radius 1 is 1.35 bits per heavy atom. The zero-order valence-electron chi connectivity index (χ0n) is 10.7. The molecule has 0 saturated heterocycles. The Bertz CT molecular complexity index is 344. The van der Waals surface area contributed by atoms with Crippen LogP contribution in [0.2, 0.25) is 0 Å². The zero-order chi connectivity index (χ0) is 12.7. The Hall–Kier alpha value is -0.740. The summed E-state index contributed by atoms with van der Waals surface area (Å²) in [5.74, 6) is 1.51. The van der Waals surface area contributed by atoms with Gasteiger partial charge in [0.05, 0.1) is 11.6 Å². The molecule has 0 aliphatic rings. The van der Waals surface area contributed by atoms with Gasteiger partial charge in [0, 0.05) is 12.2 Å². The molecule has 0 amide bonds. The first-order valence-electron chi connectivity index (χ1n) is 5.93. The van der Waals surface area contributed by atoms with E-state index in [1.54, 1.807) is 7.11 Å². The molecular weight excluding hydrogens is 280 g/mol. The topological polar surface area (TPSA) is 33.3 Å². The van der Waals surface area contributed by atoms with E-state index in [0.29, 0.717) is 5.92 Å². The SMILES string of the molecule is CCC(CNC)CNc1ccc(OC)c(Br)c1. The van der Waals surface area contributed by atoms with Crippen molar-refractivity contribution in [2.45, 2.75) is 13.3 Å². The van der Waals surface area contributed by atoms with E-state index in [1.165, 1.54) is 6.42 Å². The molecule has 0 aliphatic heterocycles. The molecule has 0 aliphatic carbocycles. The number of ether oxygens (including phenoxy) is 1. The number of methoxy groups -OCH3 is 1. The minimum atomic E-state index is 0.654. The summed E-state index contributed by atoms with van der Waals surface area (Å²) in [5.41, 5.74) is 1.12. The van der Waals surface area contributed by atoms with Crippen LogP contribution in [0.5, 0.6) is 5.75 Å². The predicted octanol–water partition coefficient (Wildman–Crippen LogP) is 3.12. The number of anilines is 1. The average Bonchev–Trinajstić information content (AvgIpc) is 2.34. The molecule has 0 radical (unpaired) electrons. The van der Waals surface area contributed by atoms with Crippen molar-refractivity contribution in [3.05, 3.63) is 22.7 Å². The van der Waals surface area contributed by atoms with Crippen LogP contribution in [0.4, 0.5) is 5.69 Å². The van der Waals surface area contributed by atoms with Crippen LogP contribution in [0.1, 0.15) is 13.3 Å². The number of benzene rings is 1. The van der Waals surface area contributed by atoms with Crippen LogP contribution in [0.3, 0.4) is 0 Å². The molecule has 0 heterocycles. The highest BCUT2D eigenvalue weighted by Gasteiger charge is 2.06. The van der Waals surface area contributed by atoms with Crippen molar-refractivity contribution >= 4 is 21.6 Å². The lowest BCUT2D eigenvalue weighted by atomic mass is 10.1. The van der Waals surface area contributed by atoms with E-state index < -0.39 is 0 Å². The molecule has 3 nitrogen and oxygen atoms in total. The Morgan fingerprint density at radius 3 is 2.65 bits per heavy atom. The third-order valence-electron chi connectivity index (χ3n) is 2.82. The van der Waals surface area contributed by atoms with Gasteiger partial charge in [-0.3, -0.25) is 0 Å². The smallest absolute Gasteiger partial charge is 0.133 e. The first-order valence-corrected chi connectivity index (χ1v) is 6.72. The summed E-state index contributed by atoms with van der Waals surface area (Å²) in [6, 6.07) is 6.05. The number of hydrogen-bond acceptors (Lipinski definition) is 3. The van der Waals surface area contributed by atoms with Gasteiger partial charge in [-0.25, -0.2) is 0 Å². The maximum Gasteiger partial charge on any atom is 0.133 e. The standard InChI is InChI=1S/C13H21BrN2O/c1-4-10(8-15-2)9-16-11-5-6-13(17-3)12(14)7-11/h5-7,10,15-16H,4,8-9H2,1-3H3. The fourth-order valence-electron chi connectivity index (χ4n) is 1.69. The van der Waals surface area contributed by atoms with E-state index in [0.717, 1.165) is 29.0 Å². The van der Waals surface area contributed by atoms with Gasteiger partial charge < -0.3 is 15.4 Å². The normalized spacial score (nSPS) is 12.2. The lowest BCUT2D eigenvalue weighted by Crippen LogP contribution is -2.24. The molecule has 0 bridgehead atoms. The third-order valence-corrected chi connectivity index (χ3v) is 3.44. The molecule has 1 aromatic carbocycles. The third kappa shape index (κ3) is 4.56. The summed E-state index contributed by atoms with van der Waals surface area (Å²) in [5, 5.41) is 6.66. The molecule has 1 aromatic rings. The summed E-state index contributed by atoms with van der Waals surface area (Å²) < 4.78 is 6.18. The molecule has 4 heteroatoms. The van der Waals surface area contributed by atoms with Gasteiger partial charge in [0.2, 0.25) is 0 Å². The van der Waals surface area contributed by atoms with Crippen molar-refractivity contribution in [1.29, 1.82) is 0 Å². The van der Waals surface area contributed by atoms with Gasteiger partial charge in [-0.1, -0.05) is 13.3 Å². The summed E-state index contributed by atoms with van der Waals surface area (Å²) in [6.45, 7) is 4.24. The van der Waals surface area contributed by atoms with E-state index in [9.17, 15) is 0 Å². The van der Waals surface area contributed by atoms with Gasteiger partial charge in [-0.05, 0) is 53.6 Å². The molecular formula is C13H21BrN2O. The van der Waals surface area contributed by atoms with Crippen LogP contribution in [-0.4, -0.2) is 27.2 Å². The number of rotatable bonds is 7.